The van der Waals surface area contributed by atoms with Crippen molar-refractivity contribution in [3.8, 4) is 0 Å². The number of esters is 1. The Kier molecular flexibility index (Phi) is 8.93. The van der Waals surface area contributed by atoms with E-state index in [0.29, 0.717) is 34.8 Å². The first-order chi connectivity index (χ1) is 17.1. The highest BCUT2D eigenvalue weighted by Crippen LogP contribution is 2.33. The third-order valence-electron chi connectivity index (χ3n) is 5.55. The molecule has 0 aromatic heterocycles. The molecule has 1 heterocycles. The van der Waals surface area contributed by atoms with E-state index in [9.17, 15) is 18.8 Å². The van der Waals surface area contributed by atoms with Gasteiger partial charge in [0.05, 0.1) is 22.7 Å². The number of rotatable bonds is 8. The van der Waals surface area contributed by atoms with E-state index < -0.39 is 23.9 Å². The van der Waals surface area contributed by atoms with Crippen LogP contribution in [0.5, 0.6) is 0 Å². The summed E-state index contributed by atoms with van der Waals surface area (Å²) in [5.74, 6) is -1.11. The molecule has 0 saturated carbocycles. The second kappa shape index (κ2) is 11.9. The fourth-order valence-corrected chi connectivity index (χ4v) is 4.00. The first-order valence-electron chi connectivity index (χ1n) is 11.7. The quantitative estimate of drug-likeness (QED) is 0.363. The summed E-state index contributed by atoms with van der Waals surface area (Å²) in [6.07, 6.45) is 1.35. The third-order valence-corrected chi connectivity index (χ3v) is 5.84. The van der Waals surface area contributed by atoms with E-state index in [0.717, 1.165) is 18.9 Å². The van der Waals surface area contributed by atoms with E-state index in [1.807, 2.05) is 6.92 Å². The standard InChI is InChI=1S/C26H30ClFN4O4/c1-5-6-12-32-16(4)22(24(33)36-15(2)3)23(31-26(32)35)17-8-7-9-18(13-17)29-25(34)30-19-10-11-21(28)20(27)14-19/h7-11,13-15,23H,5-6,12H2,1-4H3,(H,31,35)(H2,29,30,34). The molecule has 4 amide bonds. The molecule has 2 aromatic carbocycles. The Morgan fingerprint density at radius 2 is 1.86 bits per heavy atom. The fourth-order valence-electron chi connectivity index (χ4n) is 3.82. The molecule has 2 aromatic rings. The molecule has 1 unspecified atom stereocenters. The minimum atomic E-state index is -0.762. The van der Waals surface area contributed by atoms with Gasteiger partial charge in [-0.05, 0) is 63.1 Å². The van der Waals surface area contributed by atoms with Gasteiger partial charge in [-0.2, -0.15) is 0 Å². The zero-order chi connectivity index (χ0) is 26.4. The van der Waals surface area contributed by atoms with Crippen LogP contribution in [0.25, 0.3) is 0 Å². The maximum Gasteiger partial charge on any atom is 0.338 e. The van der Waals surface area contributed by atoms with E-state index in [4.69, 9.17) is 16.3 Å². The average molecular weight is 517 g/mol. The summed E-state index contributed by atoms with van der Waals surface area (Å²) in [5, 5.41) is 8.08. The lowest BCUT2D eigenvalue weighted by Crippen LogP contribution is -2.48. The van der Waals surface area contributed by atoms with Crippen LogP contribution in [0.15, 0.2) is 53.7 Å². The van der Waals surface area contributed by atoms with Crippen molar-refractivity contribution in [1.82, 2.24) is 10.2 Å². The van der Waals surface area contributed by atoms with Crippen LogP contribution in [0.3, 0.4) is 0 Å². The smallest absolute Gasteiger partial charge is 0.338 e. The van der Waals surface area contributed by atoms with Gasteiger partial charge in [0.25, 0.3) is 0 Å². The predicted octanol–water partition coefficient (Wildman–Crippen LogP) is 6.22. The van der Waals surface area contributed by atoms with Gasteiger partial charge >= 0.3 is 18.0 Å². The Labute approximate surface area is 214 Å². The first-order valence-corrected chi connectivity index (χ1v) is 12.1. The van der Waals surface area contributed by atoms with Gasteiger partial charge in [-0.1, -0.05) is 37.1 Å². The maximum absolute atomic E-state index is 13.4. The maximum atomic E-state index is 13.4. The SMILES string of the molecule is CCCCN1C(=O)NC(c2cccc(NC(=O)Nc3ccc(F)c(Cl)c3)c2)C(C(=O)OC(C)C)=C1C. The summed E-state index contributed by atoms with van der Waals surface area (Å²) >= 11 is 5.77. The zero-order valence-electron chi connectivity index (χ0n) is 20.7. The molecule has 0 fully saturated rings. The first kappa shape index (κ1) is 27.0. The molecule has 1 aliphatic heterocycles. The molecule has 36 heavy (non-hydrogen) atoms. The van der Waals surface area contributed by atoms with Crippen LogP contribution in [0.1, 0.15) is 52.1 Å². The summed E-state index contributed by atoms with van der Waals surface area (Å²) in [5.41, 5.74) is 2.21. The van der Waals surface area contributed by atoms with Gasteiger partial charge in [0.2, 0.25) is 0 Å². The lowest BCUT2D eigenvalue weighted by Gasteiger charge is -2.35. The van der Waals surface area contributed by atoms with E-state index in [1.165, 1.54) is 12.1 Å². The molecule has 3 rings (SSSR count). The Hall–Kier alpha value is -3.59. The van der Waals surface area contributed by atoms with Gasteiger partial charge in [0.1, 0.15) is 5.82 Å². The molecule has 8 nitrogen and oxygen atoms in total. The molecular formula is C26H30ClFN4O4. The number of benzene rings is 2. The molecule has 10 heteroatoms. The van der Waals surface area contributed by atoms with Crippen molar-refractivity contribution in [2.45, 2.75) is 52.7 Å². The van der Waals surface area contributed by atoms with Crippen LogP contribution in [-0.4, -0.2) is 35.6 Å². The van der Waals surface area contributed by atoms with Crippen molar-refractivity contribution >= 4 is 41.0 Å². The average Bonchev–Trinajstić information content (AvgIpc) is 2.80. The number of allylic oxidation sites excluding steroid dienone is 1. The number of urea groups is 2. The van der Waals surface area contributed by atoms with Crippen LogP contribution in [0, 0.1) is 5.82 Å². The predicted molar refractivity (Wildman–Crippen MR) is 137 cm³/mol. The molecule has 192 valence electrons. The minimum Gasteiger partial charge on any atom is -0.459 e. The van der Waals surface area contributed by atoms with Crippen molar-refractivity contribution in [1.29, 1.82) is 0 Å². The number of halogens is 2. The number of unbranched alkanes of at least 4 members (excludes halogenated alkanes) is 1. The molecule has 0 radical (unpaired) electrons. The number of nitrogens with zero attached hydrogens (tertiary/aromatic N) is 1. The highest BCUT2D eigenvalue weighted by Gasteiger charge is 2.36. The number of amides is 4. The van der Waals surface area contributed by atoms with Crippen molar-refractivity contribution in [2.75, 3.05) is 17.2 Å². The Morgan fingerprint density at radius 3 is 2.50 bits per heavy atom. The molecule has 0 bridgehead atoms. The second-order valence-corrected chi connectivity index (χ2v) is 9.08. The zero-order valence-corrected chi connectivity index (χ0v) is 21.4. The van der Waals surface area contributed by atoms with E-state index in [1.54, 1.807) is 49.9 Å². The summed E-state index contributed by atoms with van der Waals surface area (Å²) in [7, 11) is 0. The van der Waals surface area contributed by atoms with Crippen molar-refractivity contribution in [2.24, 2.45) is 0 Å². The lowest BCUT2D eigenvalue weighted by atomic mass is 9.94. The number of carbonyl (C=O) groups is 3. The van der Waals surface area contributed by atoms with Crippen molar-refractivity contribution in [3.05, 3.63) is 70.1 Å². The van der Waals surface area contributed by atoms with Crippen molar-refractivity contribution < 1.29 is 23.5 Å². The van der Waals surface area contributed by atoms with Crippen LogP contribution >= 0.6 is 11.6 Å². The molecule has 1 atom stereocenters. The molecule has 0 aliphatic carbocycles. The fraction of sp³-hybridized carbons (Fsp3) is 0.346. The number of anilines is 2. The monoisotopic (exact) mass is 516 g/mol. The topological polar surface area (TPSA) is 99.8 Å². The number of hydrogen-bond donors (Lipinski definition) is 3. The van der Waals surface area contributed by atoms with Gasteiger partial charge in [-0.3, -0.25) is 4.90 Å². The van der Waals surface area contributed by atoms with E-state index in [2.05, 4.69) is 16.0 Å². The molecular weight excluding hydrogens is 487 g/mol. The normalized spacial score (nSPS) is 15.6. The molecule has 0 spiro atoms. The summed E-state index contributed by atoms with van der Waals surface area (Å²) < 4.78 is 18.9. The van der Waals surface area contributed by atoms with Gasteiger partial charge in [0.15, 0.2) is 0 Å². The number of nitrogens with one attached hydrogen (secondary N) is 3. The van der Waals surface area contributed by atoms with E-state index in [-0.39, 0.29) is 17.2 Å². The summed E-state index contributed by atoms with van der Waals surface area (Å²) in [6.45, 7) is 7.76. The number of ether oxygens (including phenoxy) is 1. The number of hydrogen-bond acceptors (Lipinski definition) is 4. The van der Waals surface area contributed by atoms with Gasteiger partial charge in [-0.15, -0.1) is 0 Å². The van der Waals surface area contributed by atoms with Crippen LogP contribution < -0.4 is 16.0 Å². The second-order valence-electron chi connectivity index (χ2n) is 8.67. The molecule has 1 aliphatic rings. The highest BCUT2D eigenvalue weighted by atomic mass is 35.5. The van der Waals surface area contributed by atoms with Gasteiger partial charge in [0, 0.05) is 23.6 Å². The largest absolute Gasteiger partial charge is 0.459 e. The Balaban J connectivity index is 1.87. The van der Waals surface area contributed by atoms with Crippen molar-refractivity contribution in [3.63, 3.8) is 0 Å². The van der Waals surface area contributed by atoms with Crippen LogP contribution in [-0.2, 0) is 9.53 Å². The Morgan fingerprint density at radius 1 is 1.17 bits per heavy atom. The third kappa shape index (κ3) is 6.54. The minimum absolute atomic E-state index is 0.112. The molecule has 0 saturated heterocycles. The lowest BCUT2D eigenvalue weighted by molar-refractivity contribution is -0.143. The van der Waals surface area contributed by atoms with Crippen LogP contribution in [0.4, 0.5) is 25.4 Å². The van der Waals surface area contributed by atoms with Gasteiger partial charge in [-0.25, -0.2) is 18.8 Å². The van der Waals surface area contributed by atoms with Crippen LogP contribution in [0.2, 0.25) is 5.02 Å². The Bertz CT molecular complexity index is 1180. The number of carbonyl (C=O) groups excluding carboxylic acids is 3. The van der Waals surface area contributed by atoms with E-state index >= 15 is 0 Å². The van der Waals surface area contributed by atoms with Gasteiger partial charge < -0.3 is 20.7 Å². The molecule has 3 N–H and O–H groups in total. The summed E-state index contributed by atoms with van der Waals surface area (Å²) in [4.78, 5) is 40.0. The highest BCUT2D eigenvalue weighted by molar-refractivity contribution is 6.31. The summed E-state index contributed by atoms with van der Waals surface area (Å²) in [6, 6.07) is 9.00.